The van der Waals surface area contributed by atoms with Gasteiger partial charge in [-0.05, 0) is 53.7 Å². The molecule has 1 aromatic carbocycles. The van der Waals surface area contributed by atoms with E-state index in [1.807, 2.05) is 0 Å². The molecule has 0 saturated heterocycles. The van der Waals surface area contributed by atoms with Gasteiger partial charge in [-0.1, -0.05) is 45.9 Å². The summed E-state index contributed by atoms with van der Waals surface area (Å²) < 4.78 is 0. The zero-order chi connectivity index (χ0) is 13.3. The van der Waals surface area contributed by atoms with Crippen molar-refractivity contribution < 1.29 is 5.11 Å². The van der Waals surface area contributed by atoms with E-state index in [0.29, 0.717) is 5.92 Å². The van der Waals surface area contributed by atoms with Crippen LogP contribution in [-0.4, -0.2) is 5.11 Å². The minimum absolute atomic E-state index is 0.201. The number of rotatable bonds is 2. The summed E-state index contributed by atoms with van der Waals surface area (Å²) in [5, 5.41) is 10.4. The lowest BCUT2D eigenvalue weighted by Crippen LogP contribution is -2.16. The molecule has 18 heavy (non-hydrogen) atoms. The molecule has 0 amide bonds. The second-order valence-corrected chi connectivity index (χ2v) is 6.55. The summed E-state index contributed by atoms with van der Waals surface area (Å²) in [5.74, 6) is 0.620. The predicted octanol–water partition coefficient (Wildman–Crippen LogP) is 4.38. The van der Waals surface area contributed by atoms with Crippen LogP contribution >= 0.6 is 0 Å². The van der Waals surface area contributed by atoms with Crippen molar-refractivity contribution >= 4 is 0 Å². The number of aliphatic hydroxyl groups excluding tert-OH is 1. The summed E-state index contributed by atoms with van der Waals surface area (Å²) in [6, 6.07) is 6.75. The Kier molecular flexibility index (Phi) is 3.82. The van der Waals surface area contributed by atoms with Gasteiger partial charge in [0.1, 0.15) is 0 Å². The quantitative estimate of drug-likeness (QED) is 0.768. The summed E-state index contributed by atoms with van der Waals surface area (Å²) in [4.78, 5) is 0. The van der Waals surface area contributed by atoms with E-state index in [1.54, 1.807) is 0 Å². The summed E-state index contributed by atoms with van der Waals surface area (Å²) in [5.41, 5.74) is 4.09. The van der Waals surface area contributed by atoms with Gasteiger partial charge in [0.25, 0.3) is 0 Å². The molecule has 1 aliphatic rings. The number of aryl methyl sites for hydroxylation is 1. The smallest absolute Gasteiger partial charge is 0.0795 e. The molecule has 0 aromatic heterocycles. The fraction of sp³-hybridized carbons (Fsp3) is 0.647. The van der Waals surface area contributed by atoms with Crippen LogP contribution in [0.1, 0.15) is 69.8 Å². The van der Waals surface area contributed by atoms with Crippen molar-refractivity contribution in [3.05, 3.63) is 34.9 Å². The van der Waals surface area contributed by atoms with E-state index in [4.69, 9.17) is 0 Å². The molecule has 2 unspecified atom stereocenters. The summed E-state index contributed by atoms with van der Waals surface area (Å²) >= 11 is 0. The largest absolute Gasteiger partial charge is 0.388 e. The second-order valence-electron chi connectivity index (χ2n) is 6.55. The Labute approximate surface area is 111 Å². The van der Waals surface area contributed by atoms with E-state index >= 15 is 0 Å². The topological polar surface area (TPSA) is 20.2 Å². The highest BCUT2D eigenvalue weighted by Gasteiger charge is 2.24. The maximum atomic E-state index is 10.4. The van der Waals surface area contributed by atoms with Crippen molar-refractivity contribution in [3.63, 3.8) is 0 Å². The van der Waals surface area contributed by atoms with Crippen LogP contribution in [-0.2, 0) is 11.8 Å². The van der Waals surface area contributed by atoms with Gasteiger partial charge in [0.15, 0.2) is 0 Å². The first-order chi connectivity index (χ1) is 8.44. The third-order valence-electron chi connectivity index (χ3n) is 4.70. The maximum absolute atomic E-state index is 10.4. The number of hydrogen-bond donors (Lipinski definition) is 1. The fourth-order valence-corrected chi connectivity index (χ4v) is 2.79. The van der Waals surface area contributed by atoms with Gasteiger partial charge in [0.2, 0.25) is 0 Å². The molecule has 2 atom stereocenters. The Hall–Kier alpha value is -0.820. The van der Waals surface area contributed by atoms with Crippen LogP contribution in [0.25, 0.3) is 0 Å². The highest BCUT2D eigenvalue weighted by molar-refractivity contribution is 5.37. The molecular formula is C17H26O. The van der Waals surface area contributed by atoms with Crippen LogP contribution in [0.5, 0.6) is 0 Å². The Balaban J connectivity index is 2.40. The molecule has 0 bridgehead atoms. The first-order valence-corrected chi connectivity index (χ1v) is 7.25. The highest BCUT2D eigenvalue weighted by Crippen LogP contribution is 2.35. The van der Waals surface area contributed by atoms with Gasteiger partial charge in [-0.25, -0.2) is 0 Å². The highest BCUT2D eigenvalue weighted by atomic mass is 16.3. The van der Waals surface area contributed by atoms with Crippen LogP contribution < -0.4 is 0 Å². The van der Waals surface area contributed by atoms with E-state index in [1.165, 1.54) is 23.1 Å². The summed E-state index contributed by atoms with van der Waals surface area (Å²) in [7, 11) is 0. The van der Waals surface area contributed by atoms with Crippen molar-refractivity contribution in [2.75, 3.05) is 0 Å². The SMILES string of the molecule is CCC(C)(C)c1ccc2c(c1)C(O)CC(C)CC2. The van der Waals surface area contributed by atoms with Crippen LogP contribution in [0.3, 0.4) is 0 Å². The molecular weight excluding hydrogens is 220 g/mol. The molecule has 0 radical (unpaired) electrons. The molecule has 0 fully saturated rings. The normalized spacial score (nSPS) is 24.5. The van der Waals surface area contributed by atoms with Crippen molar-refractivity contribution in [1.29, 1.82) is 0 Å². The standard InChI is InChI=1S/C17H26O/c1-5-17(3,4)14-9-8-13-7-6-12(2)10-16(18)15(13)11-14/h8-9,11-12,16,18H,5-7,10H2,1-4H3. The van der Waals surface area contributed by atoms with Crippen molar-refractivity contribution in [2.24, 2.45) is 5.92 Å². The van der Waals surface area contributed by atoms with Crippen molar-refractivity contribution in [1.82, 2.24) is 0 Å². The maximum Gasteiger partial charge on any atom is 0.0795 e. The van der Waals surface area contributed by atoms with Crippen LogP contribution in [0.4, 0.5) is 0 Å². The van der Waals surface area contributed by atoms with Gasteiger partial charge < -0.3 is 5.11 Å². The van der Waals surface area contributed by atoms with E-state index in [9.17, 15) is 5.11 Å². The lowest BCUT2D eigenvalue weighted by Gasteiger charge is -2.25. The number of benzene rings is 1. The van der Waals surface area contributed by atoms with E-state index in [2.05, 4.69) is 45.9 Å². The van der Waals surface area contributed by atoms with Crippen molar-refractivity contribution in [3.8, 4) is 0 Å². The van der Waals surface area contributed by atoms with E-state index in [-0.39, 0.29) is 11.5 Å². The third-order valence-corrected chi connectivity index (χ3v) is 4.70. The molecule has 2 rings (SSSR count). The summed E-state index contributed by atoms with van der Waals surface area (Å²) in [6.45, 7) is 9.02. The first kappa shape index (κ1) is 13.6. The Morgan fingerprint density at radius 1 is 1.33 bits per heavy atom. The molecule has 1 heteroatoms. The van der Waals surface area contributed by atoms with Gasteiger partial charge in [0, 0.05) is 0 Å². The zero-order valence-electron chi connectivity index (χ0n) is 12.2. The number of aliphatic hydroxyl groups is 1. The van der Waals surface area contributed by atoms with Crippen LogP contribution in [0.15, 0.2) is 18.2 Å². The van der Waals surface area contributed by atoms with E-state index < -0.39 is 0 Å². The lowest BCUT2D eigenvalue weighted by molar-refractivity contribution is 0.150. The van der Waals surface area contributed by atoms with Gasteiger partial charge in [-0.15, -0.1) is 0 Å². The average Bonchev–Trinajstić information content (AvgIpc) is 2.48. The average molecular weight is 246 g/mol. The van der Waals surface area contributed by atoms with Crippen LogP contribution in [0.2, 0.25) is 0 Å². The molecule has 0 heterocycles. The monoisotopic (exact) mass is 246 g/mol. The molecule has 0 saturated carbocycles. The molecule has 1 aliphatic carbocycles. The van der Waals surface area contributed by atoms with Gasteiger partial charge in [-0.3, -0.25) is 0 Å². The van der Waals surface area contributed by atoms with Gasteiger partial charge in [0.05, 0.1) is 6.10 Å². The first-order valence-electron chi connectivity index (χ1n) is 7.25. The lowest BCUT2D eigenvalue weighted by atomic mass is 9.80. The molecule has 0 spiro atoms. The Morgan fingerprint density at radius 2 is 2.06 bits per heavy atom. The van der Waals surface area contributed by atoms with Crippen molar-refractivity contribution in [2.45, 2.75) is 64.9 Å². The second kappa shape index (κ2) is 5.05. The van der Waals surface area contributed by atoms with E-state index in [0.717, 1.165) is 19.3 Å². The minimum Gasteiger partial charge on any atom is -0.388 e. The third kappa shape index (κ3) is 2.61. The fourth-order valence-electron chi connectivity index (χ4n) is 2.79. The molecule has 1 aromatic rings. The summed E-state index contributed by atoms with van der Waals surface area (Å²) in [6.07, 6.45) is 4.06. The predicted molar refractivity (Wildman–Crippen MR) is 76.8 cm³/mol. The van der Waals surface area contributed by atoms with Gasteiger partial charge >= 0.3 is 0 Å². The number of hydrogen-bond acceptors (Lipinski definition) is 1. The van der Waals surface area contributed by atoms with Gasteiger partial charge in [-0.2, -0.15) is 0 Å². The molecule has 1 nitrogen and oxygen atoms in total. The Morgan fingerprint density at radius 3 is 2.72 bits per heavy atom. The molecule has 0 aliphatic heterocycles. The molecule has 100 valence electrons. The Bertz CT molecular complexity index is 420. The zero-order valence-corrected chi connectivity index (χ0v) is 12.2. The minimum atomic E-state index is -0.273. The molecule has 1 N–H and O–H groups in total. The van der Waals surface area contributed by atoms with Crippen LogP contribution in [0, 0.1) is 5.92 Å². The number of fused-ring (bicyclic) bond motifs is 1.